The average Bonchev–Trinajstić information content (AvgIpc) is 2.35. The van der Waals surface area contributed by atoms with Crippen molar-refractivity contribution >= 4 is 11.6 Å². The zero-order valence-corrected chi connectivity index (χ0v) is 11.5. The van der Waals surface area contributed by atoms with E-state index in [1.807, 2.05) is 45.9 Å². The van der Waals surface area contributed by atoms with Crippen molar-refractivity contribution in [2.24, 2.45) is 0 Å². The molecule has 1 rings (SSSR count). The van der Waals surface area contributed by atoms with E-state index in [1.54, 1.807) is 4.90 Å². The SMILES string of the molecule is CCN(CC)C(O)C(=O)Nc1c(C)cccc1C. The molecule has 1 amide bonds. The number of hydrogen-bond donors (Lipinski definition) is 2. The number of para-hydroxylation sites is 1. The van der Waals surface area contributed by atoms with Gasteiger partial charge in [-0.15, -0.1) is 0 Å². The molecular weight excluding hydrogens is 228 g/mol. The molecule has 0 saturated carbocycles. The number of benzene rings is 1. The lowest BCUT2D eigenvalue weighted by Crippen LogP contribution is -2.43. The third-order valence-corrected chi connectivity index (χ3v) is 3.12. The summed E-state index contributed by atoms with van der Waals surface area (Å²) in [5.41, 5.74) is 2.78. The Bertz CT molecular complexity index is 394. The number of anilines is 1. The quantitative estimate of drug-likeness (QED) is 0.785. The minimum Gasteiger partial charge on any atom is -0.370 e. The van der Waals surface area contributed by atoms with Gasteiger partial charge in [-0.3, -0.25) is 9.69 Å². The normalized spacial score (nSPS) is 12.6. The van der Waals surface area contributed by atoms with Gasteiger partial charge in [0, 0.05) is 5.69 Å². The maximum Gasteiger partial charge on any atom is 0.268 e. The van der Waals surface area contributed by atoms with Crippen molar-refractivity contribution in [3.8, 4) is 0 Å². The van der Waals surface area contributed by atoms with Gasteiger partial charge in [0.2, 0.25) is 0 Å². The predicted octanol–water partition coefficient (Wildman–Crippen LogP) is 1.90. The van der Waals surface area contributed by atoms with E-state index in [0.717, 1.165) is 16.8 Å². The summed E-state index contributed by atoms with van der Waals surface area (Å²) in [4.78, 5) is 13.7. The molecule has 0 aromatic heterocycles. The zero-order chi connectivity index (χ0) is 13.7. The number of aliphatic hydroxyl groups excluding tert-OH is 1. The number of amides is 1. The monoisotopic (exact) mass is 250 g/mol. The molecule has 4 heteroatoms. The van der Waals surface area contributed by atoms with Gasteiger partial charge in [-0.25, -0.2) is 0 Å². The van der Waals surface area contributed by atoms with Crippen LogP contribution in [0.15, 0.2) is 18.2 Å². The molecule has 0 aliphatic carbocycles. The molecule has 0 aliphatic rings. The summed E-state index contributed by atoms with van der Waals surface area (Å²) in [6.45, 7) is 8.98. The molecule has 18 heavy (non-hydrogen) atoms. The van der Waals surface area contributed by atoms with E-state index in [-0.39, 0.29) is 5.91 Å². The molecular formula is C14H22N2O2. The summed E-state index contributed by atoms with van der Waals surface area (Å²) < 4.78 is 0. The highest BCUT2D eigenvalue weighted by molar-refractivity contribution is 5.95. The number of aliphatic hydroxyl groups is 1. The third kappa shape index (κ3) is 3.31. The molecule has 0 heterocycles. The van der Waals surface area contributed by atoms with E-state index in [4.69, 9.17) is 0 Å². The summed E-state index contributed by atoms with van der Waals surface area (Å²) in [6.07, 6.45) is -1.10. The molecule has 1 aromatic rings. The lowest BCUT2D eigenvalue weighted by molar-refractivity contribution is -0.133. The topological polar surface area (TPSA) is 52.6 Å². The van der Waals surface area contributed by atoms with Gasteiger partial charge in [-0.2, -0.15) is 0 Å². The first-order chi connectivity index (χ1) is 8.51. The number of rotatable bonds is 5. The van der Waals surface area contributed by atoms with Crippen molar-refractivity contribution in [2.45, 2.75) is 33.9 Å². The van der Waals surface area contributed by atoms with Crippen molar-refractivity contribution in [3.05, 3.63) is 29.3 Å². The van der Waals surface area contributed by atoms with Crippen molar-refractivity contribution in [1.29, 1.82) is 0 Å². The van der Waals surface area contributed by atoms with Gasteiger partial charge in [-0.1, -0.05) is 32.0 Å². The zero-order valence-electron chi connectivity index (χ0n) is 11.5. The first-order valence-electron chi connectivity index (χ1n) is 6.30. The summed E-state index contributed by atoms with van der Waals surface area (Å²) in [7, 11) is 0. The Kier molecular flexibility index (Phi) is 5.31. The van der Waals surface area contributed by atoms with E-state index >= 15 is 0 Å². The first-order valence-corrected chi connectivity index (χ1v) is 6.30. The van der Waals surface area contributed by atoms with Crippen LogP contribution in [0.3, 0.4) is 0 Å². The second kappa shape index (κ2) is 6.52. The van der Waals surface area contributed by atoms with Crippen LogP contribution in [0.25, 0.3) is 0 Å². The summed E-state index contributed by atoms with van der Waals surface area (Å²) in [6, 6.07) is 5.82. The minimum absolute atomic E-state index is 0.379. The van der Waals surface area contributed by atoms with Gasteiger partial charge in [0.1, 0.15) is 0 Å². The van der Waals surface area contributed by atoms with E-state index < -0.39 is 6.23 Å². The van der Waals surface area contributed by atoms with Crippen LogP contribution in [0.4, 0.5) is 5.69 Å². The number of aryl methyl sites for hydroxylation is 2. The first kappa shape index (κ1) is 14.7. The fourth-order valence-corrected chi connectivity index (χ4v) is 1.93. The Morgan fingerprint density at radius 1 is 1.28 bits per heavy atom. The lowest BCUT2D eigenvalue weighted by Gasteiger charge is -2.24. The molecule has 1 atom stereocenters. The van der Waals surface area contributed by atoms with Crippen molar-refractivity contribution in [2.75, 3.05) is 18.4 Å². The third-order valence-electron chi connectivity index (χ3n) is 3.12. The maximum absolute atomic E-state index is 12.0. The van der Waals surface area contributed by atoms with Crippen molar-refractivity contribution in [3.63, 3.8) is 0 Å². The number of nitrogens with zero attached hydrogens (tertiary/aromatic N) is 1. The predicted molar refractivity (Wildman–Crippen MR) is 73.5 cm³/mol. The van der Waals surface area contributed by atoms with Gasteiger partial charge in [0.25, 0.3) is 5.91 Å². The lowest BCUT2D eigenvalue weighted by atomic mass is 10.1. The standard InChI is InChI=1S/C14H22N2O2/c1-5-16(6-2)14(18)13(17)15-12-10(3)8-7-9-11(12)4/h7-9,14,18H,5-6H2,1-4H3,(H,15,17). The fraction of sp³-hybridized carbons (Fsp3) is 0.500. The van der Waals surface area contributed by atoms with E-state index in [2.05, 4.69) is 5.32 Å². The molecule has 0 saturated heterocycles. The summed E-state index contributed by atoms with van der Waals surface area (Å²) in [5.74, 6) is -0.379. The van der Waals surface area contributed by atoms with Crippen LogP contribution in [0.2, 0.25) is 0 Å². The average molecular weight is 250 g/mol. The van der Waals surface area contributed by atoms with Gasteiger partial charge in [-0.05, 0) is 38.1 Å². The van der Waals surface area contributed by atoms with Crippen LogP contribution >= 0.6 is 0 Å². The van der Waals surface area contributed by atoms with Crippen LogP contribution in [0.1, 0.15) is 25.0 Å². The molecule has 0 radical (unpaired) electrons. The van der Waals surface area contributed by atoms with Crippen molar-refractivity contribution < 1.29 is 9.90 Å². The van der Waals surface area contributed by atoms with Crippen LogP contribution in [-0.2, 0) is 4.79 Å². The molecule has 1 unspecified atom stereocenters. The molecule has 0 spiro atoms. The highest BCUT2D eigenvalue weighted by Crippen LogP contribution is 2.19. The Morgan fingerprint density at radius 2 is 1.78 bits per heavy atom. The number of carbonyl (C=O) groups is 1. The Labute approximate surface area is 109 Å². The van der Waals surface area contributed by atoms with Crippen LogP contribution in [0.5, 0.6) is 0 Å². The molecule has 0 fully saturated rings. The largest absolute Gasteiger partial charge is 0.370 e. The maximum atomic E-state index is 12.0. The molecule has 4 nitrogen and oxygen atoms in total. The van der Waals surface area contributed by atoms with E-state index in [0.29, 0.717) is 13.1 Å². The van der Waals surface area contributed by atoms with Gasteiger partial charge in [0.15, 0.2) is 6.23 Å². The number of likely N-dealkylation sites (N-methyl/N-ethyl adjacent to an activating group) is 1. The van der Waals surface area contributed by atoms with Crippen LogP contribution < -0.4 is 5.32 Å². The Hall–Kier alpha value is -1.39. The molecule has 0 aliphatic heterocycles. The van der Waals surface area contributed by atoms with Crippen LogP contribution in [0, 0.1) is 13.8 Å². The number of hydrogen-bond acceptors (Lipinski definition) is 3. The Balaban J connectivity index is 2.81. The van der Waals surface area contributed by atoms with E-state index in [1.165, 1.54) is 0 Å². The highest BCUT2D eigenvalue weighted by Gasteiger charge is 2.21. The van der Waals surface area contributed by atoms with Gasteiger partial charge >= 0.3 is 0 Å². The molecule has 0 bridgehead atoms. The number of carbonyl (C=O) groups excluding carboxylic acids is 1. The smallest absolute Gasteiger partial charge is 0.268 e. The minimum atomic E-state index is -1.10. The number of nitrogens with one attached hydrogen (secondary N) is 1. The molecule has 100 valence electrons. The van der Waals surface area contributed by atoms with Crippen LogP contribution in [-0.4, -0.2) is 35.2 Å². The highest BCUT2D eigenvalue weighted by atomic mass is 16.3. The summed E-state index contributed by atoms with van der Waals surface area (Å²) in [5, 5.41) is 12.7. The Morgan fingerprint density at radius 3 is 2.22 bits per heavy atom. The van der Waals surface area contributed by atoms with Crippen molar-refractivity contribution in [1.82, 2.24) is 4.90 Å². The van der Waals surface area contributed by atoms with Gasteiger partial charge in [0.05, 0.1) is 0 Å². The van der Waals surface area contributed by atoms with E-state index in [9.17, 15) is 9.90 Å². The van der Waals surface area contributed by atoms with Gasteiger partial charge < -0.3 is 10.4 Å². The second-order valence-corrected chi connectivity index (χ2v) is 4.35. The molecule has 1 aromatic carbocycles. The fourth-order valence-electron chi connectivity index (χ4n) is 1.93. The second-order valence-electron chi connectivity index (χ2n) is 4.35. The molecule has 2 N–H and O–H groups in total. The summed E-state index contributed by atoms with van der Waals surface area (Å²) >= 11 is 0.